The molecule has 0 radical (unpaired) electrons. The van der Waals surface area contributed by atoms with Crippen molar-refractivity contribution in [2.45, 2.75) is 6.54 Å². The quantitative estimate of drug-likeness (QED) is 0.537. The highest BCUT2D eigenvalue weighted by molar-refractivity contribution is 6.05. The van der Waals surface area contributed by atoms with Crippen LogP contribution in [0.1, 0.15) is 15.9 Å². The highest BCUT2D eigenvalue weighted by atomic mass is 16.5. The minimum absolute atomic E-state index is 0.173. The number of nitrogens with zero attached hydrogens (tertiary/aromatic N) is 2. The summed E-state index contributed by atoms with van der Waals surface area (Å²) in [4.78, 5) is 16.8. The maximum Gasteiger partial charge on any atom is 0.253 e. The maximum atomic E-state index is 12.5. The van der Waals surface area contributed by atoms with Gasteiger partial charge in [-0.3, -0.25) is 9.89 Å². The zero-order valence-electron chi connectivity index (χ0n) is 15.2. The summed E-state index contributed by atoms with van der Waals surface area (Å²) in [7, 11) is 1.62. The van der Waals surface area contributed by atoms with E-state index in [1.54, 1.807) is 31.6 Å². The largest absolute Gasteiger partial charge is 0.497 e. The molecule has 0 saturated heterocycles. The number of para-hydroxylation sites is 1. The number of rotatable bonds is 6. The number of carbonyl (C=O) groups is 1. The third-order valence-corrected chi connectivity index (χ3v) is 4.25. The number of fused-ring (bicyclic) bond motifs is 1. The van der Waals surface area contributed by atoms with Gasteiger partial charge < -0.3 is 14.8 Å². The van der Waals surface area contributed by atoms with Crippen LogP contribution in [0.3, 0.4) is 0 Å². The lowest BCUT2D eigenvalue weighted by Gasteiger charge is -2.08. The number of H-pyrrole nitrogens is 1. The molecule has 0 atom stereocenters. The Labute approximate surface area is 161 Å². The van der Waals surface area contributed by atoms with E-state index in [2.05, 4.69) is 20.5 Å². The Morgan fingerprint density at radius 1 is 1.04 bits per heavy atom. The van der Waals surface area contributed by atoms with Crippen molar-refractivity contribution in [3.05, 3.63) is 78.1 Å². The number of benzene rings is 2. The number of amides is 1. The Bertz CT molecular complexity index is 1090. The van der Waals surface area contributed by atoms with Gasteiger partial charge in [-0.15, -0.1) is 0 Å². The predicted molar refractivity (Wildman–Crippen MR) is 105 cm³/mol. The second-order valence-corrected chi connectivity index (χ2v) is 6.10. The molecule has 1 amide bonds. The number of aromatic amines is 1. The zero-order chi connectivity index (χ0) is 19.3. The fraction of sp³-hybridized carbons (Fsp3) is 0.0952. The minimum atomic E-state index is -0.173. The third kappa shape index (κ3) is 3.78. The molecule has 0 unspecified atom stereocenters. The molecule has 2 aromatic heterocycles. The number of hydrogen-bond acceptors (Lipinski definition) is 5. The van der Waals surface area contributed by atoms with Crippen molar-refractivity contribution in [1.82, 2.24) is 20.5 Å². The summed E-state index contributed by atoms with van der Waals surface area (Å²) in [5, 5.41) is 10.6. The molecule has 2 N–H and O–H groups in total. The molecule has 28 heavy (non-hydrogen) atoms. The van der Waals surface area contributed by atoms with Crippen LogP contribution in [0.2, 0.25) is 0 Å². The van der Waals surface area contributed by atoms with E-state index < -0.39 is 0 Å². The molecule has 0 aliphatic heterocycles. The third-order valence-electron chi connectivity index (χ3n) is 4.25. The van der Waals surface area contributed by atoms with Crippen LogP contribution in [-0.2, 0) is 6.54 Å². The van der Waals surface area contributed by atoms with Crippen molar-refractivity contribution in [2.24, 2.45) is 0 Å². The number of methoxy groups -OCH3 is 1. The first-order chi connectivity index (χ1) is 13.7. The van der Waals surface area contributed by atoms with Gasteiger partial charge in [-0.2, -0.15) is 5.10 Å². The van der Waals surface area contributed by atoms with Gasteiger partial charge in [0.15, 0.2) is 0 Å². The number of nitrogens with one attached hydrogen (secondary N) is 2. The van der Waals surface area contributed by atoms with E-state index in [4.69, 9.17) is 9.47 Å². The second-order valence-electron chi connectivity index (χ2n) is 6.10. The lowest BCUT2D eigenvalue weighted by molar-refractivity contribution is 0.0952. The molecular formula is C21H18N4O3. The van der Waals surface area contributed by atoms with Crippen LogP contribution < -0.4 is 14.8 Å². The van der Waals surface area contributed by atoms with E-state index >= 15 is 0 Å². The van der Waals surface area contributed by atoms with Crippen molar-refractivity contribution >= 4 is 16.8 Å². The molecule has 0 aliphatic rings. The summed E-state index contributed by atoms with van der Waals surface area (Å²) in [5.41, 5.74) is 2.15. The van der Waals surface area contributed by atoms with Crippen LogP contribution in [0.25, 0.3) is 10.9 Å². The molecule has 0 spiro atoms. The van der Waals surface area contributed by atoms with Gasteiger partial charge in [-0.1, -0.05) is 18.2 Å². The Morgan fingerprint density at radius 2 is 1.86 bits per heavy atom. The van der Waals surface area contributed by atoms with Crippen molar-refractivity contribution in [3.8, 4) is 17.4 Å². The first-order valence-corrected chi connectivity index (χ1v) is 8.70. The Kier molecular flexibility index (Phi) is 4.88. The van der Waals surface area contributed by atoms with Gasteiger partial charge in [0.2, 0.25) is 5.88 Å². The van der Waals surface area contributed by atoms with E-state index in [-0.39, 0.29) is 5.91 Å². The molecule has 4 rings (SSSR count). The van der Waals surface area contributed by atoms with Gasteiger partial charge in [0.1, 0.15) is 11.5 Å². The normalized spacial score (nSPS) is 10.6. The van der Waals surface area contributed by atoms with Gasteiger partial charge in [0.05, 0.1) is 24.4 Å². The average Bonchev–Trinajstić information content (AvgIpc) is 3.22. The monoisotopic (exact) mass is 374 g/mol. The predicted octanol–water partition coefficient (Wildman–Crippen LogP) is 3.69. The molecule has 0 fully saturated rings. The number of aromatic nitrogens is 3. The molecule has 0 bridgehead atoms. The summed E-state index contributed by atoms with van der Waals surface area (Å²) in [6, 6.07) is 16.4. The molecule has 140 valence electrons. The van der Waals surface area contributed by atoms with E-state index in [1.807, 2.05) is 42.5 Å². The highest BCUT2D eigenvalue weighted by Gasteiger charge is 2.11. The Morgan fingerprint density at radius 3 is 2.61 bits per heavy atom. The van der Waals surface area contributed by atoms with Crippen LogP contribution in [0.15, 0.2) is 67.0 Å². The van der Waals surface area contributed by atoms with Crippen LogP contribution in [0.4, 0.5) is 0 Å². The molecular weight excluding hydrogens is 356 g/mol. The summed E-state index contributed by atoms with van der Waals surface area (Å²) in [5.74, 6) is 1.73. The van der Waals surface area contributed by atoms with E-state index in [0.29, 0.717) is 23.7 Å². The summed E-state index contributed by atoms with van der Waals surface area (Å²) in [6.07, 6.45) is 3.37. The van der Waals surface area contributed by atoms with Crippen LogP contribution >= 0.6 is 0 Å². The topological polar surface area (TPSA) is 89.1 Å². The van der Waals surface area contributed by atoms with E-state index in [0.717, 1.165) is 22.2 Å². The molecule has 4 aromatic rings. The van der Waals surface area contributed by atoms with E-state index in [9.17, 15) is 4.79 Å². The van der Waals surface area contributed by atoms with Crippen LogP contribution in [0.5, 0.6) is 17.4 Å². The number of ether oxygens (including phenoxy) is 2. The fourth-order valence-electron chi connectivity index (χ4n) is 2.78. The molecule has 2 aromatic carbocycles. The molecule has 7 nitrogen and oxygen atoms in total. The number of carbonyl (C=O) groups excluding carboxylic acids is 1. The van der Waals surface area contributed by atoms with E-state index in [1.165, 1.54) is 0 Å². The molecule has 0 saturated carbocycles. The zero-order valence-corrected chi connectivity index (χ0v) is 15.2. The van der Waals surface area contributed by atoms with Crippen LogP contribution in [0, 0.1) is 0 Å². The number of hydrogen-bond donors (Lipinski definition) is 2. The second kappa shape index (κ2) is 7.79. The first-order valence-electron chi connectivity index (χ1n) is 8.70. The smallest absolute Gasteiger partial charge is 0.253 e. The first kappa shape index (κ1) is 17.5. The molecule has 7 heteroatoms. The average molecular weight is 374 g/mol. The van der Waals surface area contributed by atoms with Crippen molar-refractivity contribution in [1.29, 1.82) is 0 Å². The fourth-order valence-corrected chi connectivity index (χ4v) is 2.78. The Balaban J connectivity index is 1.37. The highest BCUT2D eigenvalue weighted by Crippen LogP contribution is 2.22. The summed E-state index contributed by atoms with van der Waals surface area (Å²) in [6.45, 7) is 0.360. The van der Waals surface area contributed by atoms with Gasteiger partial charge in [-0.05, 0) is 35.9 Å². The van der Waals surface area contributed by atoms with Crippen LogP contribution in [-0.4, -0.2) is 28.2 Å². The summed E-state index contributed by atoms with van der Waals surface area (Å²) < 4.78 is 10.8. The standard InChI is InChI=1S/C21H18N4O3/c1-27-16-6-8-17(9-7-16)28-19-10-5-14(11-22-19)12-23-21(26)18-4-2-3-15-13-24-25-20(15)18/h2-11,13H,12H2,1H3,(H,23,26)(H,24,25). The van der Waals surface area contributed by atoms with Gasteiger partial charge in [-0.25, -0.2) is 4.98 Å². The Hall–Kier alpha value is -3.87. The molecule has 2 heterocycles. The number of pyridine rings is 1. The lowest BCUT2D eigenvalue weighted by atomic mass is 10.1. The van der Waals surface area contributed by atoms with Crippen molar-refractivity contribution < 1.29 is 14.3 Å². The van der Waals surface area contributed by atoms with Crippen molar-refractivity contribution in [3.63, 3.8) is 0 Å². The SMILES string of the molecule is COc1ccc(Oc2ccc(CNC(=O)c3cccc4cn[nH]c34)cn2)cc1. The van der Waals surface area contributed by atoms with Gasteiger partial charge in [0.25, 0.3) is 5.91 Å². The van der Waals surface area contributed by atoms with Gasteiger partial charge in [0, 0.05) is 24.2 Å². The maximum absolute atomic E-state index is 12.5. The summed E-state index contributed by atoms with van der Waals surface area (Å²) >= 11 is 0. The van der Waals surface area contributed by atoms with Crippen molar-refractivity contribution in [2.75, 3.05) is 7.11 Å². The lowest BCUT2D eigenvalue weighted by Crippen LogP contribution is -2.23. The van der Waals surface area contributed by atoms with Gasteiger partial charge >= 0.3 is 0 Å². The molecule has 0 aliphatic carbocycles. The minimum Gasteiger partial charge on any atom is -0.497 e.